The highest BCUT2D eigenvalue weighted by atomic mass is 16.5. The molecule has 0 saturated carbocycles. The maximum atomic E-state index is 15.1. The topological polar surface area (TPSA) is 275 Å². The van der Waals surface area contributed by atoms with E-state index in [0.717, 1.165) is 24.3 Å². The molecule has 8 aromatic rings. The van der Waals surface area contributed by atoms with Gasteiger partial charge in [0.05, 0.1) is 29.3 Å². The van der Waals surface area contributed by atoms with Crippen molar-refractivity contribution in [3.05, 3.63) is 219 Å². The fraction of sp³-hybridized carbons (Fsp3) is 0.133. The summed E-state index contributed by atoms with van der Waals surface area (Å²) in [6, 6.07) is 37.6. The van der Waals surface area contributed by atoms with Crippen LogP contribution in [0.4, 0.5) is 0 Å². The fourth-order valence-electron chi connectivity index (χ4n) is 10.5. The van der Waals surface area contributed by atoms with Crippen LogP contribution in [0, 0.1) is 11.8 Å². The van der Waals surface area contributed by atoms with Crippen LogP contribution in [-0.2, 0) is 11.2 Å². The summed E-state index contributed by atoms with van der Waals surface area (Å²) in [5.41, 5.74) is 2.91. The van der Waals surface area contributed by atoms with Crippen LogP contribution < -0.4 is 4.74 Å². The number of allylic oxidation sites excluding steroid dienone is 1. The minimum absolute atomic E-state index is 0.0139. The monoisotopic (exact) mass is 1010 g/mol. The van der Waals surface area contributed by atoms with E-state index < -0.39 is 76.5 Å². The molecule has 11 N–H and O–H groups in total. The molecule has 15 heteroatoms. The number of benzene rings is 8. The molecule has 2 unspecified atom stereocenters. The molecule has 1 fully saturated rings. The fourth-order valence-corrected chi connectivity index (χ4v) is 10.5. The highest BCUT2D eigenvalue weighted by molar-refractivity contribution is 6.08. The van der Waals surface area contributed by atoms with Crippen molar-refractivity contribution in [2.45, 2.75) is 36.6 Å². The van der Waals surface area contributed by atoms with E-state index in [1.165, 1.54) is 91.0 Å². The van der Waals surface area contributed by atoms with Crippen molar-refractivity contribution in [2.75, 3.05) is 0 Å². The van der Waals surface area contributed by atoms with Crippen molar-refractivity contribution in [3.63, 3.8) is 0 Å². The Kier molecular flexibility index (Phi) is 12.9. The van der Waals surface area contributed by atoms with Gasteiger partial charge in [-0.15, -0.1) is 0 Å². The number of carbonyl (C=O) groups excluding carboxylic acids is 2. The van der Waals surface area contributed by atoms with Crippen LogP contribution >= 0.6 is 0 Å². The third-order valence-electron chi connectivity index (χ3n) is 14.0. The standard InChI is InChI=1S/C60H48O15/c61-34-9-1-30(2-10-34)24-46-56(57(73)42-20-17-39(66)27-50(42)70)59(33-7-13-36(63)14-8-33)75-60(46)44-28-43(51(71)29-52(44)72)54(41-19-16-38(65)26-49(41)69)55-45-23-31(3-21-47(67)40-18-15-37(64)25-48(40)68)4-22-53(45)74-58(55)32-5-11-35(62)12-6-32/h1-23,25-29,46,54-56,58-66,68-72H,24H2/b21-3+/t46-,54?,55?,56+,58-,59+,60-/m0/s1. The third kappa shape index (κ3) is 9.63. The number of phenolic OH excluding ortho intramolecular Hbond substituents is 11. The van der Waals surface area contributed by atoms with Gasteiger partial charge in [-0.3, -0.25) is 9.59 Å². The van der Waals surface area contributed by atoms with Crippen molar-refractivity contribution in [2.24, 2.45) is 11.8 Å². The number of Topliss-reactive ketones (excluding diaryl/α,β-unsaturated/α-hetero) is 1. The molecular formula is C60H48O15. The number of carbonyl (C=O) groups is 2. The minimum atomic E-state index is -1.19. The summed E-state index contributed by atoms with van der Waals surface area (Å²) in [7, 11) is 0. The molecule has 2 aliphatic rings. The molecule has 0 bridgehead atoms. The number of ether oxygens (including phenoxy) is 2. The van der Waals surface area contributed by atoms with Gasteiger partial charge in [-0.2, -0.15) is 0 Å². The Bertz CT molecular complexity index is 3520. The predicted molar refractivity (Wildman–Crippen MR) is 273 cm³/mol. The normalized spacial score (nSPS) is 19.4. The SMILES string of the molecule is O=C(/C=C/c1ccc2c(c1)C(C(c1ccc(O)cc1O)c1cc([C@@H]3O[C@H](c4ccc(O)cc4)[C@@H](C(=O)c4ccc(O)cc4O)[C@@H]3Cc3ccc(O)cc3)c(O)cc1O)[C@H](c1ccc(O)cc1)O2)c1ccc(O)cc1O. The molecule has 1 saturated heterocycles. The zero-order valence-electron chi connectivity index (χ0n) is 39.5. The largest absolute Gasteiger partial charge is 0.508 e. The van der Waals surface area contributed by atoms with E-state index in [4.69, 9.17) is 9.47 Å². The minimum Gasteiger partial charge on any atom is -0.508 e. The Morgan fingerprint density at radius 2 is 1.00 bits per heavy atom. The van der Waals surface area contributed by atoms with Gasteiger partial charge in [-0.25, -0.2) is 0 Å². The van der Waals surface area contributed by atoms with Gasteiger partial charge >= 0.3 is 0 Å². The van der Waals surface area contributed by atoms with Crippen molar-refractivity contribution < 1.29 is 75.2 Å². The maximum absolute atomic E-state index is 15.1. The first-order chi connectivity index (χ1) is 36.0. The molecule has 2 heterocycles. The van der Waals surface area contributed by atoms with Crippen LogP contribution in [0.3, 0.4) is 0 Å². The van der Waals surface area contributed by atoms with Crippen molar-refractivity contribution in [1.29, 1.82) is 0 Å². The first-order valence-electron chi connectivity index (χ1n) is 23.7. The first kappa shape index (κ1) is 49.0. The Labute approximate surface area is 428 Å². The molecule has 0 radical (unpaired) electrons. The molecule has 0 aromatic heterocycles. The number of phenols is 11. The molecule has 75 heavy (non-hydrogen) atoms. The van der Waals surface area contributed by atoms with Gasteiger partial charge in [0.25, 0.3) is 0 Å². The lowest BCUT2D eigenvalue weighted by Crippen LogP contribution is -2.27. The Morgan fingerprint density at radius 1 is 0.467 bits per heavy atom. The van der Waals surface area contributed by atoms with Gasteiger partial charge in [-0.1, -0.05) is 54.6 Å². The second-order valence-corrected chi connectivity index (χ2v) is 18.7. The molecule has 2 aliphatic heterocycles. The number of ketones is 2. The maximum Gasteiger partial charge on any atom is 0.189 e. The summed E-state index contributed by atoms with van der Waals surface area (Å²) in [5.74, 6) is -7.88. The van der Waals surface area contributed by atoms with Crippen LogP contribution in [0.5, 0.6) is 69.0 Å². The number of hydrogen-bond acceptors (Lipinski definition) is 15. The van der Waals surface area contributed by atoms with Gasteiger partial charge < -0.3 is 65.6 Å². The zero-order chi connectivity index (χ0) is 52.8. The summed E-state index contributed by atoms with van der Waals surface area (Å²) in [6.45, 7) is 0. The number of aromatic hydroxyl groups is 11. The van der Waals surface area contributed by atoms with E-state index >= 15 is 4.79 Å². The summed E-state index contributed by atoms with van der Waals surface area (Å²) in [5, 5.41) is 119. The summed E-state index contributed by atoms with van der Waals surface area (Å²) >= 11 is 0. The molecule has 7 atom stereocenters. The predicted octanol–water partition coefficient (Wildman–Crippen LogP) is 10.6. The first-order valence-corrected chi connectivity index (χ1v) is 23.7. The van der Waals surface area contributed by atoms with Crippen LogP contribution in [0.15, 0.2) is 164 Å². The molecule has 0 aliphatic carbocycles. The highest BCUT2D eigenvalue weighted by Gasteiger charge is 2.51. The van der Waals surface area contributed by atoms with Gasteiger partial charge in [-0.05, 0) is 120 Å². The number of rotatable bonds is 13. The van der Waals surface area contributed by atoms with E-state index in [-0.39, 0.29) is 74.5 Å². The molecular weight excluding hydrogens is 961 g/mol. The second-order valence-electron chi connectivity index (χ2n) is 18.7. The van der Waals surface area contributed by atoms with Gasteiger partial charge in [0.2, 0.25) is 0 Å². The number of hydrogen-bond donors (Lipinski definition) is 11. The quantitative estimate of drug-likeness (QED) is 0.0379. The highest BCUT2D eigenvalue weighted by Crippen LogP contribution is 2.60. The smallest absolute Gasteiger partial charge is 0.189 e. The van der Waals surface area contributed by atoms with E-state index in [1.54, 1.807) is 54.6 Å². The van der Waals surface area contributed by atoms with Crippen LogP contribution in [0.2, 0.25) is 0 Å². The molecule has 0 amide bonds. The lowest BCUT2D eigenvalue weighted by molar-refractivity contribution is 0.0254. The molecule has 15 nitrogen and oxygen atoms in total. The Balaban J connectivity index is 1.16. The van der Waals surface area contributed by atoms with Gasteiger partial charge in [0.1, 0.15) is 75.1 Å². The number of fused-ring (bicyclic) bond motifs is 1. The van der Waals surface area contributed by atoms with E-state index in [0.29, 0.717) is 33.6 Å². The lowest BCUT2D eigenvalue weighted by atomic mass is 9.72. The molecule has 378 valence electrons. The molecule has 10 rings (SSSR count). The lowest BCUT2D eigenvalue weighted by Gasteiger charge is -2.31. The van der Waals surface area contributed by atoms with Crippen molar-refractivity contribution in [3.8, 4) is 69.0 Å². The van der Waals surface area contributed by atoms with Crippen LogP contribution in [0.1, 0.15) is 95.4 Å². The summed E-state index contributed by atoms with van der Waals surface area (Å²) in [6.07, 6.45) is -0.354. The average Bonchev–Trinajstić information content (AvgIpc) is 3.95. The van der Waals surface area contributed by atoms with Gasteiger partial charge in [0.15, 0.2) is 11.6 Å². The molecule has 0 spiro atoms. The third-order valence-corrected chi connectivity index (χ3v) is 14.0. The van der Waals surface area contributed by atoms with E-state index in [2.05, 4.69) is 0 Å². The van der Waals surface area contributed by atoms with Crippen molar-refractivity contribution >= 4 is 17.6 Å². The van der Waals surface area contributed by atoms with Crippen molar-refractivity contribution in [1.82, 2.24) is 0 Å². The summed E-state index contributed by atoms with van der Waals surface area (Å²) in [4.78, 5) is 28.4. The summed E-state index contributed by atoms with van der Waals surface area (Å²) < 4.78 is 13.7. The van der Waals surface area contributed by atoms with Gasteiger partial charge in [0, 0.05) is 64.3 Å². The van der Waals surface area contributed by atoms with E-state index in [1.807, 2.05) is 0 Å². The zero-order valence-corrected chi connectivity index (χ0v) is 39.5. The Morgan fingerprint density at radius 3 is 1.60 bits per heavy atom. The van der Waals surface area contributed by atoms with Crippen LogP contribution in [-0.4, -0.2) is 67.7 Å². The average molecular weight is 1010 g/mol. The Hall–Kier alpha value is -9.60. The molecule has 8 aromatic carbocycles. The van der Waals surface area contributed by atoms with Crippen LogP contribution in [0.25, 0.3) is 6.08 Å². The van der Waals surface area contributed by atoms with E-state index in [9.17, 15) is 61.0 Å². The second kappa shape index (κ2) is 19.8.